The van der Waals surface area contributed by atoms with Crippen LogP contribution in [0.1, 0.15) is 33.5 Å². The smallest absolute Gasteiger partial charge is 0.331 e. The van der Waals surface area contributed by atoms with Gasteiger partial charge in [-0.2, -0.15) is 5.10 Å². The highest BCUT2D eigenvalue weighted by Crippen LogP contribution is 2.27. The molecule has 2 aromatic heterocycles. The number of aliphatic carboxylic acids is 1. The third kappa shape index (κ3) is 2.87. The molecule has 3 N–H and O–H groups in total. The fourth-order valence-electron chi connectivity index (χ4n) is 3.03. The van der Waals surface area contributed by atoms with Crippen molar-refractivity contribution in [1.29, 1.82) is 0 Å². The van der Waals surface area contributed by atoms with Crippen molar-refractivity contribution in [3.05, 3.63) is 51.9 Å². The van der Waals surface area contributed by atoms with Crippen LogP contribution in [0.4, 0.5) is 0 Å². The number of aryl methyl sites for hydroxylation is 3. The van der Waals surface area contributed by atoms with Crippen molar-refractivity contribution in [2.45, 2.75) is 19.9 Å². The van der Waals surface area contributed by atoms with E-state index in [9.17, 15) is 14.7 Å². The number of amides is 1. The van der Waals surface area contributed by atoms with Crippen LogP contribution < -0.4 is 5.32 Å². The summed E-state index contributed by atoms with van der Waals surface area (Å²) in [4.78, 5) is 24.4. The Kier molecular flexibility index (Phi) is 4.26. The SMILES string of the molecule is Cc1n[nH]c(C)c1[C@H](NC(=O)c1cc2cccc(Cl)c2n1C)C(=O)O. The first-order valence-corrected chi connectivity index (χ1v) is 7.98. The number of nitrogens with one attached hydrogen (secondary N) is 2. The molecule has 130 valence electrons. The Balaban J connectivity index is 2.00. The normalized spacial score (nSPS) is 12.3. The van der Waals surface area contributed by atoms with Gasteiger partial charge in [0.2, 0.25) is 0 Å². The zero-order valence-corrected chi connectivity index (χ0v) is 14.7. The summed E-state index contributed by atoms with van der Waals surface area (Å²) in [7, 11) is 1.72. The van der Waals surface area contributed by atoms with Crippen LogP contribution in [-0.2, 0) is 11.8 Å². The first kappa shape index (κ1) is 17.0. The van der Waals surface area contributed by atoms with Crippen molar-refractivity contribution in [3.63, 3.8) is 0 Å². The Morgan fingerprint density at radius 3 is 2.64 bits per heavy atom. The maximum atomic E-state index is 12.7. The summed E-state index contributed by atoms with van der Waals surface area (Å²) in [5, 5.41) is 20.2. The van der Waals surface area contributed by atoms with Crippen LogP contribution in [0.15, 0.2) is 24.3 Å². The second-order valence-electron chi connectivity index (χ2n) is 5.86. The van der Waals surface area contributed by atoms with E-state index in [1.165, 1.54) is 0 Å². The van der Waals surface area contributed by atoms with Crippen molar-refractivity contribution in [2.24, 2.45) is 7.05 Å². The largest absolute Gasteiger partial charge is 0.479 e. The lowest BCUT2D eigenvalue weighted by Crippen LogP contribution is -2.35. The van der Waals surface area contributed by atoms with Gasteiger partial charge in [0.05, 0.1) is 16.2 Å². The molecule has 1 amide bonds. The molecule has 0 aliphatic heterocycles. The van der Waals surface area contributed by atoms with Crippen LogP contribution in [0.25, 0.3) is 10.9 Å². The molecule has 1 aromatic carbocycles. The predicted molar refractivity (Wildman–Crippen MR) is 93.8 cm³/mol. The summed E-state index contributed by atoms with van der Waals surface area (Å²) in [5.74, 6) is -1.65. The minimum absolute atomic E-state index is 0.327. The van der Waals surface area contributed by atoms with Crippen molar-refractivity contribution in [1.82, 2.24) is 20.1 Å². The number of fused-ring (bicyclic) bond motifs is 1. The number of nitrogens with zero attached hydrogens (tertiary/aromatic N) is 2. The standard InChI is InChI=1S/C17H17ClN4O3/c1-8-13(9(2)21-20-8)14(17(24)25)19-16(23)12-7-10-5-4-6-11(18)15(10)22(12)3/h4-7,14H,1-3H3,(H,19,23)(H,20,21)(H,24,25)/t14-/m0/s1. The monoisotopic (exact) mass is 360 g/mol. The van der Waals surface area contributed by atoms with Crippen molar-refractivity contribution in [3.8, 4) is 0 Å². The van der Waals surface area contributed by atoms with Gasteiger partial charge in [0.25, 0.3) is 5.91 Å². The number of aromatic nitrogens is 3. The molecule has 0 aliphatic carbocycles. The average molecular weight is 361 g/mol. The number of halogens is 1. The topological polar surface area (TPSA) is 100 Å². The predicted octanol–water partition coefficient (Wildman–Crippen LogP) is 2.73. The van der Waals surface area contributed by atoms with E-state index < -0.39 is 17.9 Å². The number of para-hydroxylation sites is 1. The van der Waals surface area contributed by atoms with Gasteiger partial charge in [-0.3, -0.25) is 9.89 Å². The van der Waals surface area contributed by atoms with Crippen LogP contribution in [0, 0.1) is 13.8 Å². The van der Waals surface area contributed by atoms with Gasteiger partial charge in [-0.1, -0.05) is 23.7 Å². The number of carbonyl (C=O) groups is 2. The first-order valence-electron chi connectivity index (χ1n) is 7.60. The van der Waals surface area contributed by atoms with Crippen LogP contribution in [-0.4, -0.2) is 31.7 Å². The number of hydrogen-bond donors (Lipinski definition) is 3. The number of benzene rings is 1. The number of carboxylic acids is 1. The lowest BCUT2D eigenvalue weighted by Gasteiger charge is -2.15. The molecule has 0 saturated carbocycles. The molecule has 1 atom stereocenters. The van der Waals surface area contributed by atoms with Gasteiger partial charge in [0, 0.05) is 23.7 Å². The van der Waals surface area contributed by atoms with Crippen LogP contribution >= 0.6 is 11.6 Å². The second kappa shape index (κ2) is 6.25. The van der Waals surface area contributed by atoms with Gasteiger partial charge in [0.1, 0.15) is 5.69 Å². The van der Waals surface area contributed by atoms with Gasteiger partial charge in [0.15, 0.2) is 6.04 Å². The van der Waals surface area contributed by atoms with Crippen LogP contribution in [0.2, 0.25) is 5.02 Å². The van der Waals surface area contributed by atoms with Crippen molar-refractivity contribution < 1.29 is 14.7 Å². The van der Waals surface area contributed by atoms with E-state index >= 15 is 0 Å². The summed E-state index contributed by atoms with van der Waals surface area (Å²) in [6, 6.07) is 5.87. The second-order valence-corrected chi connectivity index (χ2v) is 6.27. The summed E-state index contributed by atoms with van der Waals surface area (Å²) in [6.45, 7) is 3.41. The molecular formula is C17H17ClN4O3. The fraction of sp³-hybridized carbons (Fsp3) is 0.235. The van der Waals surface area contributed by atoms with Crippen molar-refractivity contribution in [2.75, 3.05) is 0 Å². The molecule has 25 heavy (non-hydrogen) atoms. The molecule has 0 unspecified atom stereocenters. The number of hydrogen-bond acceptors (Lipinski definition) is 3. The quantitative estimate of drug-likeness (QED) is 0.666. The molecule has 0 spiro atoms. The van der Waals surface area contributed by atoms with E-state index in [1.54, 1.807) is 43.7 Å². The fourth-order valence-corrected chi connectivity index (χ4v) is 3.34. The summed E-state index contributed by atoms with van der Waals surface area (Å²) >= 11 is 6.20. The lowest BCUT2D eigenvalue weighted by atomic mass is 10.0. The van der Waals surface area contributed by atoms with E-state index in [2.05, 4.69) is 15.5 Å². The summed E-state index contributed by atoms with van der Waals surface area (Å²) < 4.78 is 1.65. The Morgan fingerprint density at radius 1 is 1.36 bits per heavy atom. The van der Waals surface area contributed by atoms with Crippen LogP contribution in [0.5, 0.6) is 0 Å². The molecule has 2 heterocycles. The van der Waals surface area contributed by atoms with Crippen LogP contribution in [0.3, 0.4) is 0 Å². The highest BCUT2D eigenvalue weighted by molar-refractivity contribution is 6.35. The van der Waals surface area contributed by atoms with E-state index in [0.29, 0.717) is 27.7 Å². The zero-order chi connectivity index (χ0) is 18.3. The number of carboxylic acid groups (broad SMARTS) is 1. The van der Waals surface area contributed by atoms with Gasteiger partial charge in [-0.05, 0) is 26.0 Å². The molecule has 3 rings (SSSR count). The molecule has 0 fully saturated rings. The molecule has 3 aromatic rings. The molecular weight excluding hydrogens is 344 g/mol. The summed E-state index contributed by atoms with van der Waals surface area (Å²) in [5.41, 5.74) is 2.64. The average Bonchev–Trinajstić information content (AvgIpc) is 3.06. The van der Waals surface area contributed by atoms with E-state index in [-0.39, 0.29) is 0 Å². The third-order valence-corrected chi connectivity index (χ3v) is 4.54. The minimum Gasteiger partial charge on any atom is -0.479 e. The summed E-state index contributed by atoms with van der Waals surface area (Å²) in [6.07, 6.45) is 0. The Bertz CT molecular complexity index is 970. The lowest BCUT2D eigenvalue weighted by molar-refractivity contribution is -0.139. The molecule has 0 aliphatic rings. The van der Waals surface area contributed by atoms with Gasteiger partial charge >= 0.3 is 5.97 Å². The third-order valence-electron chi connectivity index (χ3n) is 4.24. The van der Waals surface area contributed by atoms with E-state index in [4.69, 9.17) is 11.6 Å². The molecule has 7 nitrogen and oxygen atoms in total. The number of carbonyl (C=O) groups excluding carboxylic acids is 1. The Hall–Kier alpha value is -2.80. The number of H-pyrrole nitrogens is 1. The molecule has 0 radical (unpaired) electrons. The minimum atomic E-state index is -1.19. The first-order chi connectivity index (χ1) is 11.8. The van der Waals surface area contributed by atoms with Gasteiger partial charge in [-0.25, -0.2) is 4.79 Å². The highest BCUT2D eigenvalue weighted by atomic mass is 35.5. The maximum Gasteiger partial charge on any atom is 0.331 e. The number of aromatic amines is 1. The van der Waals surface area contributed by atoms with E-state index in [0.717, 1.165) is 10.9 Å². The molecule has 0 bridgehead atoms. The Morgan fingerprint density at radius 2 is 2.08 bits per heavy atom. The molecule has 8 heteroatoms. The van der Waals surface area contributed by atoms with Gasteiger partial charge < -0.3 is 15.0 Å². The highest BCUT2D eigenvalue weighted by Gasteiger charge is 2.28. The van der Waals surface area contributed by atoms with E-state index in [1.807, 2.05) is 6.07 Å². The van der Waals surface area contributed by atoms with Crippen molar-refractivity contribution >= 4 is 34.4 Å². The maximum absolute atomic E-state index is 12.7. The zero-order valence-electron chi connectivity index (χ0n) is 13.9. The Labute approximate surface area is 148 Å². The number of rotatable bonds is 4. The van der Waals surface area contributed by atoms with Gasteiger partial charge in [-0.15, -0.1) is 0 Å². The molecule has 0 saturated heterocycles.